The number of carboxylic acids is 1. The van der Waals surface area contributed by atoms with Gasteiger partial charge in [-0.25, -0.2) is 0 Å². The van der Waals surface area contributed by atoms with Gasteiger partial charge in [-0.15, -0.1) is 0 Å². The van der Waals surface area contributed by atoms with Crippen LogP contribution in [0, 0.1) is 0 Å². The number of thiol groups is 1. The van der Waals surface area contributed by atoms with Crippen molar-refractivity contribution in [3.05, 3.63) is 64.7 Å². The van der Waals surface area contributed by atoms with Crippen molar-refractivity contribution in [2.24, 2.45) is 0 Å². The molecule has 1 saturated heterocycles. The van der Waals surface area contributed by atoms with Gasteiger partial charge < -0.3 is 19.6 Å². The van der Waals surface area contributed by atoms with Crippen LogP contribution in [0.3, 0.4) is 0 Å². The summed E-state index contributed by atoms with van der Waals surface area (Å²) in [5, 5.41) is 8.95. The molecule has 8 nitrogen and oxygen atoms in total. The van der Waals surface area contributed by atoms with E-state index in [0.29, 0.717) is 37.5 Å². The summed E-state index contributed by atoms with van der Waals surface area (Å²) in [5.74, 6) is -1.30. The molecule has 1 fully saturated rings. The van der Waals surface area contributed by atoms with Gasteiger partial charge in [0.2, 0.25) is 5.91 Å². The van der Waals surface area contributed by atoms with Crippen LogP contribution >= 0.6 is 24.2 Å². The number of carbonyl (C=O) groups is 3. The van der Waals surface area contributed by atoms with Gasteiger partial charge in [-0.2, -0.15) is 12.6 Å². The van der Waals surface area contributed by atoms with Crippen molar-refractivity contribution in [1.29, 1.82) is 0 Å². The third kappa shape index (κ3) is 9.83. The van der Waals surface area contributed by atoms with Crippen LogP contribution in [0.1, 0.15) is 42.6 Å². The lowest BCUT2D eigenvalue weighted by Gasteiger charge is -2.35. The summed E-state index contributed by atoms with van der Waals surface area (Å²) in [6, 6.07) is 14.9. The molecule has 0 radical (unpaired) electrons. The van der Waals surface area contributed by atoms with E-state index in [1.807, 2.05) is 43.0 Å². The van der Waals surface area contributed by atoms with Crippen molar-refractivity contribution in [1.82, 2.24) is 9.80 Å². The standard InChI is InChI=1S/C29H38ClN3O5S/c1-21(2)38-20-19-33(29(37)26(39)11-12-27(34)35)25-9-5-23(6-10-25)28(36)32-17-15-31(16-18-32)14-13-22-3-7-24(30)8-4-22/h3-10,21,26,39H,11-20H2,1-2H3,(H,34,35). The number of hydrogen-bond acceptors (Lipinski definition) is 6. The highest BCUT2D eigenvalue weighted by atomic mass is 35.5. The van der Waals surface area contributed by atoms with E-state index in [0.717, 1.165) is 31.1 Å². The summed E-state index contributed by atoms with van der Waals surface area (Å²) in [6.07, 6.45) is 0.936. The van der Waals surface area contributed by atoms with Crippen molar-refractivity contribution in [2.75, 3.05) is 50.8 Å². The highest BCUT2D eigenvalue weighted by molar-refractivity contribution is 7.81. The molecule has 1 unspecified atom stereocenters. The number of piperazine rings is 1. The van der Waals surface area contributed by atoms with Gasteiger partial charge in [-0.1, -0.05) is 23.7 Å². The average molecular weight is 576 g/mol. The summed E-state index contributed by atoms with van der Waals surface area (Å²) < 4.78 is 5.64. The Balaban J connectivity index is 1.57. The number of ether oxygens (including phenoxy) is 1. The van der Waals surface area contributed by atoms with Gasteiger partial charge in [-0.05, 0) is 68.7 Å². The summed E-state index contributed by atoms with van der Waals surface area (Å²) in [4.78, 5) is 43.0. The minimum Gasteiger partial charge on any atom is -0.481 e. The Bertz CT molecular complexity index is 1090. The van der Waals surface area contributed by atoms with Crippen molar-refractivity contribution in [3.8, 4) is 0 Å². The SMILES string of the molecule is CC(C)OCCN(C(=O)C(S)CCC(=O)O)c1ccc(C(=O)N2CCN(CCc3ccc(Cl)cc3)CC2)cc1. The average Bonchev–Trinajstić information content (AvgIpc) is 2.93. The number of nitrogens with zero attached hydrogens (tertiary/aromatic N) is 3. The molecule has 1 N–H and O–H groups in total. The normalized spacial score (nSPS) is 14.8. The zero-order valence-corrected chi connectivity index (χ0v) is 24.2. The fraction of sp³-hybridized carbons (Fsp3) is 0.483. The van der Waals surface area contributed by atoms with E-state index in [2.05, 4.69) is 17.5 Å². The second kappa shape index (κ2) is 15.3. The molecule has 0 saturated carbocycles. The van der Waals surface area contributed by atoms with E-state index in [4.69, 9.17) is 21.4 Å². The lowest BCUT2D eigenvalue weighted by atomic mass is 10.1. The van der Waals surface area contributed by atoms with E-state index in [1.165, 1.54) is 5.56 Å². The minimum absolute atomic E-state index is 0.0126. The number of carbonyl (C=O) groups excluding carboxylic acids is 2. The zero-order chi connectivity index (χ0) is 28.4. The van der Waals surface area contributed by atoms with Crippen LogP contribution < -0.4 is 4.90 Å². The maximum Gasteiger partial charge on any atom is 0.303 e. The van der Waals surface area contributed by atoms with Crippen molar-refractivity contribution >= 4 is 47.7 Å². The first-order valence-electron chi connectivity index (χ1n) is 13.3. The van der Waals surface area contributed by atoms with E-state index < -0.39 is 11.2 Å². The Morgan fingerprint density at radius 1 is 1.03 bits per heavy atom. The van der Waals surface area contributed by atoms with Crippen LogP contribution in [0.2, 0.25) is 5.02 Å². The maximum atomic E-state index is 13.2. The third-order valence-corrected chi connectivity index (χ3v) is 7.40. The largest absolute Gasteiger partial charge is 0.481 e. The van der Waals surface area contributed by atoms with Gasteiger partial charge in [0.05, 0.1) is 18.0 Å². The number of anilines is 1. The molecule has 0 aliphatic carbocycles. The summed E-state index contributed by atoms with van der Waals surface area (Å²) >= 11 is 10.3. The van der Waals surface area contributed by atoms with E-state index in [-0.39, 0.29) is 30.8 Å². The van der Waals surface area contributed by atoms with Crippen LogP contribution in [-0.4, -0.2) is 89.9 Å². The van der Waals surface area contributed by atoms with Crippen LogP contribution in [0.25, 0.3) is 0 Å². The van der Waals surface area contributed by atoms with Crippen molar-refractivity contribution in [3.63, 3.8) is 0 Å². The predicted molar refractivity (Wildman–Crippen MR) is 157 cm³/mol. The highest BCUT2D eigenvalue weighted by Crippen LogP contribution is 2.21. The number of benzene rings is 2. The van der Waals surface area contributed by atoms with Gasteiger partial charge >= 0.3 is 5.97 Å². The Kier molecular flexibility index (Phi) is 12.1. The molecule has 3 rings (SSSR count). The van der Waals surface area contributed by atoms with E-state index >= 15 is 0 Å². The van der Waals surface area contributed by atoms with Crippen LogP contribution in [0.15, 0.2) is 48.5 Å². The molecule has 0 spiro atoms. The fourth-order valence-corrected chi connectivity index (χ4v) is 4.78. The second-order valence-corrected chi connectivity index (χ2v) is 11.0. The lowest BCUT2D eigenvalue weighted by Crippen LogP contribution is -2.49. The molecular weight excluding hydrogens is 538 g/mol. The minimum atomic E-state index is -0.971. The molecule has 10 heteroatoms. The van der Waals surface area contributed by atoms with Crippen LogP contribution in [0.4, 0.5) is 5.69 Å². The van der Waals surface area contributed by atoms with Gasteiger partial charge in [0.15, 0.2) is 0 Å². The Morgan fingerprint density at radius 2 is 1.67 bits per heavy atom. The van der Waals surface area contributed by atoms with Crippen LogP contribution in [0.5, 0.6) is 0 Å². The molecule has 2 aromatic rings. The second-order valence-electron chi connectivity index (χ2n) is 9.91. The molecule has 1 atom stereocenters. The van der Waals surface area contributed by atoms with Gasteiger partial charge in [0.25, 0.3) is 5.91 Å². The van der Waals surface area contributed by atoms with E-state index in [1.54, 1.807) is 29.2 Å². The number of aliphatic carboxylic acids is 1. The molecule has 1 heterocycles. The molecule has 1 aliphatic rings. The summed E-state index contributed by atoms with van der Waals surface area (Å²) in [6.45, 7) is 8.33. The fourth-order valence-electron chi connectivity index (χ4n) is 4.39. The topological polar surface area (TPSA) is 90.4 Å². The highest BCUT2D eigenvalue weighted by Gasteiger charge is 2.25. The molecular formula is C29H38ClN3O5S. The first kappa shape index (κ1) is 30.9. The monoisotopic (exact) mass is 575 g/mol. The smallest absolute Gasteiger partial charge is 0.303 e. The van der Waals surface area contributed by atoms with Gasteiger partial charge in [-0.3, -0.25) is 19.3 Å². The van der Waals surface area contributed by atoms with Crippen molar-refractivity contribution < 1.29 is 24.2 Å². The number of rotatable bonds is 13. The Morgan fingerprint density at radius 3 is 2.26 bits per heavy atom. The van der Waals surface area contributed by atoms with Gasteiger partial charge in [0, 0.05) is 62.0 Å². The molecule has 0 aromatic heterocycles. The zero-order valence-electron chi connectivity index (χ0n) is 22.6. The Hall–Kier alpha value is -2.59. The van der Waals surface area contributed by atoms with Crippen molar-refractivity contribution in [2.45, 2.75) is 44.5 Å². The molecule has 2 amide bonds. The maximum absolute atomic E-state index is 13.2. The third-order valence-electron chi connectivity index (χ3n) is 6.66. The first-order chi connectivity index (χ1) is 18.6. The Labute approximate surface area is 241 Å². The van der Waals surface area contributed by atoms with E-state index in [9.17, 15) is 14.4 Å². The number of carboxylic acid groups (broad SMARTS) is 1. The molecule has 0 bridgehead atoms. The molecule has 2 aromatic carbocycles. The first-order valence-corrected chi connectivity index (χ1v) is 14.2. The van der Waals surface area contributed by atoms with Crippen LogP contribution in [-0.2, 0) is 20.7 Å². The number of hydrogen-bond donors (Lipinski definition) is 2. The summed E-state index contributed by atoms with van der Waals surface area (Å²) in [5.41, 5.74) is 2.42. The quantitative estimate of drug-likeness (QED) is 0.347. The number of amides is 2. The molecule has 212 valence electrons. The molecule has 1 aliphatic heterocycles. The summed E-state index contributed by atoms with van der Waals surface area (Å²) in [7, 11) is 0. The predicted octanol–water partition coefficient (Wildman–Crippen LogP) is 4.26. The lowest BCUT2D eigenvalue weighted by molar-refractivity contribution is -0.137. The number of halogens is 1. The van der Waals surface area contributed by atoms with Gasteiger partial charge in [0.1, 0.15) is 0 Å². The molecule has 39 heavy (non-hydrogen) atoms.